The van der Waals surface area contributed by atoms with Crippen molar-refractivity contribution < 1.29 is 13.7 Å². The van der Waals surface area contributed by atoms with Gasteiger partial charge in [0.2, 0.25) is 17.6 Å². The van der Waals surface area contributed by atoms with Crippen molar-refractivity contribution in [3.63, 3.8) is 0 Å². The second-order valence-electron chi connectivity index (χ2n) is 5.35. The van der Waals surface area contributed by atoms with Crippen LogP contribution >= 0.6 is 0 Å². The molecule has 1 amide bonds. The Hall–Kier alpha value is -2.28. The maximum Gasteiger partial charge on any atom is 0.241 e. The van der Waals surface area contributed by atoms with Gasteiger partial charge in [0.05, 0.1) is 6.54 Å². The smallest absolute Gasteiger partial charge is 0.241 e. The van der Waals surface area contributed by atoms with E-state index in [0.29, 0.717) is 48.9 Å². The van der Waals surface area contributed by atoms with E-state index in [0.717, 1.165) is 6.54 Å². The zero-order valence-electron chi connectivity index (χ0n) is 12.3. The first-order valence-corrected chi connectivity index (χ1v) is 7.20. The van der Waals surface area contributed by atoms with Crippen LogP contribution in [-0.4, -0.2) is 40.6 Å². The van der Waals surface area contributed by atoms with Crippen LogP contribution in [0.3, 0.4) is 0 Å². The van der Waals surface area contributed by atoms with Crippen molar-refractivity contribution in [2.75, 3.05) is 19.6 Å². The predicted octanol–water partition coefficient (Wildman–Crippen LogP) is 1.51. The van der Waals surface area contributed by atoms with Crippen LogP contribution in [0.15, 0.2) is 22.7 Å². The minimum absolute atomic E-state index is 0.0591. The third kappa shape index (κ3) is 3.30. The van der Waals surface area contributed by atoms with Crippen LogP contribution in [-0.2, 0) is 11.3 Å². The van der Waals surface area contributed by atoms with E-state index in [1.54, 1.807) is 19.1 Å². The molecule has 0 unspecified atom stereocenters. The molecule has 7 heteroatoms. The molecule has 0 spiro atoms. The van der Waals surface area contributed by atoms with E-state index in [9.17, 15) is 9.18 Å². The van der Waals surface area contributed by atoms with Crippen LogP contribution in [0.2, 0.25) is 0 Å². The van der Waals surface area contributed by atoms with Crippen molar-refractivity contribution in [3.05, 3.63) is 35.5 Å². The topological polar surface area (TPSA) is 71.3 Å². The van der Waals surface area contributed by atoms with Gasteiger partial charge >= 0.3 is 0 Å². The van der Waals surface area contributed by atoms with Gasteiger partial charge in [-0.2, -0.15) is 4.98 Å². The molecule has 1 aromatic carbocycles. The Bertz CT molecular complexity index is 686. The molecule has 0 radical (unpaired) electrons. The Balaban J connectivity index is 1.70. The quantitative estimate of drug-likeness (QED) is 0.930. The van der Waals surface area contributed by atoms with Gasteiger partial charge in [-0.1, -0.05) is 17.3 Å². The second kappa shape index (κ2) is 6.23. The summed E-state index contributed by atoms with van der Waals surface area (Å²) in [7, 11) is 0. The van der Waals surface area contributed by atoms with Gasteiger partial charge < -0.3 is 9.84 Å². The lowest BCUT2D eigenvalue weighted by molar-refractivity contribution is -0.120. The molecule has 1 fully saturated rings. The molecule has 0 saturated carbocycles. The third-order valence-electron chi connectivity index (χ3n) is 3.66. The second-order valence-corrected chi connectivity index (χ2v) is 5.35. The molecule has 1 aliphatic rings. The van der Waals surface area contributed by atoms with Gasteiger partial charge in [-0.15, -0.1) is 0 Å². The largest absolute Gasteiger partial charge is 0.355 e. The summed E-state index contributed by atoms with van der Waals surface area (Å²) in [6.07, 6.45) is 0.462. The van der Waals surface area contributed by atoms with Gasteiger partial charge in [-0.25, -0.2) is 4.39 Å². The van der Waals surface area contributed by atoms with E-state index in [-0.39, 0.29) is 11.7 Å². The Kier molecular flexibility index (Phi) is 4.15. The van der Waals surface area contributed by atoms with Gasteiger partial charge in [-0.3, -0.25) is 9.69 Å². The van der Waals surface area contributed by atoms with Crippen LogP contribution < -0.4 is 5.32 Å². The van der Waals surface area contributed by atoms with E-state index in [1.807, 2.05) is 0 Å². The molecule has 2 heterocycles. The lowest BCUT2D eigenvalue weighted by atomic mass is 10.1. The molecule has 1 N–H and O–H groups in total. The van der Waals surface area contributed by atoms with Gasteiger partial charge in [0.15, 0.2) is 0 Å². The molecule has 0 bridgehead atoms. The minimum atomic E-state index is -0.291. The summed E-state index contributed by atoms with van der Waals surface area (Å²) in [4.78, 5) is 17.7. The van der Waals surface area contributed by atoms with Crippen molar-refractivity contribution in [2.45, 2.75) is 19.9 Å². The number of amides is 1. The van der Waals surface area contributed by atoms with Crippen molar-refractivity contribution in [3.8, 4) is 11.4 Å². The Labute approximate surface area is 127 Å². The van der Waals surface area contributed by atoms with Crippen LogP contribution in [0, 0.1) is 12.7 Å². The van der Waals surface area contributed by atoms with E-state index >= 15 is 0 Å². The third-order valence-corrected chi connectivity index (χ3v) is 3.66. The first-order valence-electron chi connectivity index (χ1n) is 7.20. The summed E-state index contributed by atoms with van der Waals surface area (Å²) in [5.74, 6) is 0.605. The lowest BCUT2D eigenvalue weighted by Gasteiger charge is -2.15. The van der Waals surface area contributed by atoms with E-state index in [2.05, 4.69) is 20.4 Å². The fourth-order valence-corrected chi connectivity index (χ4v) is 2.33. The number of carbonyl (C=O) groups is 1. The van der Waals surface area contributed by atoms with Crippen LogP contribution in [0.4, 0.5) is 4.39 Å². The molecule has 1 saturated heterocycles. The van der Waals surface area contributed by atoms with E-state index in [4.69, 9.17) is 4.52 Å². The van der Waals surface area contributed by atoms with Gasteiger partial charge in [0.25, 0.3) is 0 Å². The number of carbonyl (C=O) groups excluding carboxylic acids is 1. The Morgan fingerprint density at radius 2 is 2.27 bits per heavy atom. The lowest BCUT2D eigenvalue weighted by Crippen LogP contribution is -2.28. The molecule has 22 heavy (non-hydrogen) atoms. The van der Waals surface area contributed by atoms with Crippen molar-refractivity contribution in [2.24, 2.45) is 0 Å². The number of halogens is 1. The first-order chi connectivity index (χ1) is 10.6. The van der Waals surface area contributed by atoms with Gasteiger partial charge in [0.1, 0.15) is 5.82 Å². The van der Waals surface area contributed by atoms with Crippen LogP contribution in [0.25, 0.3) is 11.4 Å². The van der Waals surface area contributed by atoms with E-state index < -0.39 is 0 Å². The summed E-state index contributed by atoms with van der Waals surface area (Å²) in [5.41, 5.74) is 1.17. The molecular formula is C15H17FN4O2. The first kappa shape index (κ1) is 14.6. The standard InChI is InChI=1S/C15H17FN4O2/c1-10-2-3-11(8-12(10)16)15-18-14(22-19-15)9-20-6-4-13(21)17-5-7-20/h2-3,8H,4-7,9H2,1H3,(H,17,21). The molecule has 1 aliphatic heterocycles. The Morgan fingerprint density at radius 3 is 3.09 bits per heavy atom. The maximum absolute atomic E-state index is 13.6. The summed E-state index contributed by atoms with van der Waals surface area (Å²) < 4.78 is 18.8. The van der Waals surface area contributed by atoms with Gasteiger partial charge in [-0.05, 0) is 18.6 Å². The average molecular weight is 304 g/mol. The molecule has 0 aliphatic carbocycles. The van der Waals surface area contributed by atoms with Crippen molar-refractivity contribution in [1.82, 2.24) is 20.4 Å². The van der Waals surface area contributed by atoms with Gasteiger partial charge in [0, 0.05) is 31.6 Å². The fourth-order valence-electron chi connectivity index (χ4n) is 2.33. The number of nitrogens with zero attached hydrogens (tertiary/aromatic N) is 3. The fraction of sp³-hybridized carbons (Fsp3) is 0.400. The number of aromatic nitrogens is 2. The molecule has 1 aromatic heterocycles. The number of aryl methyl sites for hydroxylation is 1. The SMILES string of the molecule is Cc1ccc(-c2noc(CN3CCNC(=O)CC3)n2)cc1F. The summed E-state index contributed by atoms with van der Waals surface area (Å²) >= 11 is 0. The summed E-state index contributed by atoms with van der Waals surface area (Å²) in [6.45, 7) is 4.19. The monoisotopic (exact) mass is 304 g/mol. The highest BCUT2D eigenvalue weighted by Gasteiger charge is 2.17. The predicted molar refractivity (Wildman–Crippen MR) is 77.3 cm³/mol. The van der Waals surface area contributed by atoms with Crippen molar-refractivity contribution >= 4 is 5.91 Å². The summed E-state index contributed by atoms with van der Waals surface area (Å²) in [6, 6.07) is 4.85. The Morgan fingerprint density at radius 1 is 1.41 bits per heavy atom. The van der Waals surface area contributed by atoms with Crippen molar-refractivity contribution in [1.29, 1.82) is 0 Å². The van der Waals surface area contributed by atoms with Crippen LogP contribution in [0.1, 0.15) is 17.9 Å². The molecule has 116 valence electrons. The summed E-state index contributed by atoms with van der Waals surface area (Å²) in [5, 5.41) is 6.71. The molecule has 6 nitrogen and oxygen atoms in total. The zero-order chi connectivity index (χ0) is 15.5. The normalized spacial score (nSPS) is 16.4. The number of rotatable bonds is 3. The maximum atomic E-state index is 13.6. The number of nitrogens with one attached hydrogen (secondary N) is 1. The molecule has 3 rings (SSSR count). The average Bonchev–Trinajstić information content (AvgIpc) is 2.86. The number of hydrogen-bond donors (Lipinski definition) is 1. The zero-order valence-corrected chi connectivity index (χ0v) is 12.3. The minimum Gasteiger partial charge on any atom is -0.355 e. The van der Waals surface area contributed by atoms with E-state index in [1.165, 1.54) is 6.07 Å². The highest BCUT2D eigenvalue weighted by Crippen LogP contribution is 2.19. The molecular weight excluding hydrogens is 287 g/mol. The number of hydrogen-bond acceptors (Lipinski definition) is 5. The number of benzene rings is 1. The van der Waals surface area contributed by atoms with Crippen LogP contribution in [0.5, 0.6) is 0 Å². The molecule has 2 aromatic rings. The highest BCUT2D eigenvalue weighted by atomic mass is 19.1. The highest BCUT2D eigenvalue weighted by molar-refractivity contribution is 5.76. The molecule has 0 atom stereocenters.